The van der Waals surface area contributed by atoms with E-state index in [1.165, 1.54) is 11.3 Å². The first-order chi connectivity index (χ1) is 9.13. The van der Waals surface area contributed by atoms with E-state index in [2.05, 4.69) is 15.2 Å². The minimum Gasteiger partial charge on any atom is -0.623 e. The van der Waals surface area contributed by atoms with E-state index < -0.39 is 0 Å². The molecule has 1 aliphatic heterocycles. The van der Waals surface area contributed by atoms with Gasteiger partial charge < -0.3 is 5.21 Å². The predicted molar refractivity (Wildman–Crippen MR) is 79.7 cm³/mol. The number of hydrogen-bond acceptors (Lipinski definition) is 5. The fourth-order valence-corrected chi connectivity index (χ4v) is 3.65. The van der Waals surface area contributed by atoms with E-state index in [9.17, 15) is 5.21 Å². The van der Waals surface area contributed by atoms with Gasteiger partial charge in [0, 0.05) is 0 Å². The average Bonchev–Trinajstić information content (AvgIpc) is 2.93. The van der Waals surface area contributed by atoms with Crippen LogP contribution in [-0.4, -0.2) is 42.9 Å². The molecule has 2 unspecified atom stereocenters. The van der Waals surface area contributed by atoms with Crippen LogP contribution in [0.1, 0.15) is 6.92 Å². The number of rotatable bonds is 3. The Morgan fingerprint density at radius 3 is 3.05 bits per heavy atom. The molecule has 102 valence electrons. The van der Waals surface area contributed by atoms with Gasteiger partial charge in [0.15, 0.2) is 6.17 Å². The fourth-order valence-electron chi connectivity index (χ4n) is 2.61. The Labute approximate surface area is 116 Å². The Bertz CT molecular complexity index is 554. The van der Waals surface area contributed by atoms with Crippen molar-refractivity contribution in [1.29, 1.82) is 0 Å². The summed E-state index contributed by atoms with van der Waals surface area (Å²) in [5, 5.41) is 17.1. The lowest BCUT2D eigenvalue weighted by atomic mass is 10.3. The van der Waals surface area contributed by atoms with Crippen LogP contribution in [-0.2, 0) is 0 Å². The highest BCUT2D eigenvalue weighted by Gasteiger charge is 2.41. The molecule has 6 heteroatoms. The number of para-hydroxylation sites is 1. The second-order valence-corrected chi connectivity index (χ2v) is 6.02. The van der Waals surface area contributed by atoms with Crippen molar-refractivity contribution in [2.45, 2.75) is 13.1 Å². The maximum atomic E-state index is 13.2. The lowest BCUT2D eigenvalue weighted by Gasteiger charge is -2.39. The van der Waals surface area contributed by atoms with E-state index in [4.69, 9.17) is 0 Å². The van der Waals surface area contributed by atoms with Crippen LogP contribution in [0.2, 0.25) is 0 Å². The lowest BCUT2D eigenvalue weighted by Crippen LogP contribution is -2.55. The van der Waals surface area contributed by atoms with Crippen molar-refractivity contribution in [3.8, 4) is 0 Å². The zero-order chi connectivity index (χ0) is 13.5. The first-order valence-electron chi connectivity index (χ1n) is 6.50. The third kappa shape index (κ3) is 2.15. The number of benzene rings is 1. The maximum Gasteiger partial charge on any atom is 0.289 e. The summed E-state index contributed by atoms with van der Waals surface area (Å²) in [6.07, 6.45) is -0.129. The monoisotopic (exact) mass is 278 g/mol. The number of likely N-dealkylation sites (N-methyl/N-ethyl adjacent to an activating group) is 2. The number of quaternary nitrogens is 1. The summed E-state index contributed by atoms with van der Waals surface area (Å²) in [7, 11) is 1.98. The lowest BCUT2D eigenvalue weighted by molar-refractivity contribution is 0.292. The number of fused-ring (bicyclic) bond motifs is 1. The molecule has 1 aliphatic rings. The molecular formula is C13H18N4OS. The molecule has 1 fully saturated rings. The molecule has 1 aromatic heterocycles. The number of thiazole rings is 1. The van der Waals surface area contributed by atoms with Gasteiger partial charge in [0.2, 0.25) is 0 Å². The van der Waals surface area contributed by atoms with E-state index in [1.807, 2.05) is 38.2 Å². The van der Waals surface area contributed by atoms with E-state index >= 15 is 0 Å². The Morgan fingerprint density at radius 2 is 2.32 bits per heavy atom. The normalized spacial score (nSPS) is 28.3. The molecule has 0 radical (unpaired) electrons. The molecule has 5 nitrogen and oxygen atoms in total. The molecule has 0 bridgehead atoms. The Hall–Kier alpha value is -1.05. The van der Waals surface area contributed by atoms with Gasteiger partial charge in [-0.3, -0.25) is 14.9 Å². The van der Waals surface area contributed by atoms with Crippen LogP contribution in [0.3, 0.4) is 0 Å². The van der Waals surface area contributed by atoms with Crippen molar-refractivity contribution in [2.24, 2.45) is 0 Å². The van der Waals surface area contributed by atoms with Gasteiger partial charge in [-0.2, -0.15) is 4.98 Å². The highest BCUT2D eigenvalue weighted by molar-refractivity contribution is 7.22. The second kappa shape index (κ2) is 4.81. The molecule has 2 heterocycles. The third-order valence-corrected chi connectivity index (χ3v) is 4.63. The largest absolute Gasteiger partial charge is 0.623 e. The Kier molecular flexibility index (Phi) is 3.28. The molecule has 2 aromatic rings. The van der Waals surface area contributed by atoms with E-state index in [0.29, 0.717) is 11.8 Å². The predicted octanol–water partition coefficient (Wildman–Crippen LogP) is 1.94. The van der Waals surface area contributed by atoms with E-state index in [1.54, 1.807) is 0 Å². The fraction of sp³-hybridized carbons (Fsp3) is 0.462. The number of hydrogen-bond donors (Lipinski definition) is 1. The highest BCUT2D eigenvalue weighted by Crippen LogP contribution is 2.36. The first-order valence-corrected chi connectivity index (χ1v) is 7.32. The van der Waals surface area contributed by atoms with Gasteiger partial charge in [-0.05, 0) is 25.7 Å². The topological polar surface area (TPSA) is 51.2 Å². The van der Waals surface area contributed by atoms with Gasteiger partial charge in [-0.15, -0.1) is 0 Å². The summed E-state index contributed by atoms with van der Waals surface area (Å²) in [6.45, 7) is 4.04. The van der Waals surface area contributed by atoms with Gasteiger partial charge in [0.1, 0.15) is 6.67 Å². The summed E-state index contributed by atoms with van der Waals surface area (Å²) in [5.74, 6) is 0. The molecule has 1 aromatic carbocycles. The highest BCUT2D eigenvalue weighted by atomic mass is 32.1. The zero-order valence-electron chi connectivity index (χ0n) is 11.2. The van der Waals surface area contributed by atoms with Crippen LogP contribution < -0.4 is 9.96 Å². The van der Waals surface area contributed by atoms with Gasteiger partial charge in [0.05, 0.1) is 16.8 Å². The Morgan fingerprint density at radius 1 is 1.53 bits per heavy atom. The minimum absolute atomic E-state index is 0.129. The number of aromatic nitrogens is 1. The standard InChI is InChI=1S/C13H18N4OS/c1-3-14-12-8-16(2)9-17(12,18)13-15-10-6-4-5-7-11(10)19-13/h4-7,12,14H,3,8-9H2,1-2H3. The Balaban J connectivity index is 2.02. The van der Waals surface area contributed by atoms with Crippen molar-refractivity contribution in [3.05, 3.63) is 29.5 Å². The minimum atomic E-state index is -0.385. The molecule has 0 saturated carbocycles. The summed E-state index contributed by atoms with van der Waals surface area (Å²) in [5.41, 5.74) is 0.917. The molecule has 2 atom stereocenters. The van der Waals surface area contributed by atoms with Crippen molar-refractivity contribution in [3.63, 3.8) is 0 Å². The van der Waals surface area contributed by atoms with E-state index in [0.717, 1.165) is 23.3 Å². The van der Waals surface area contributed by atoms with Crippen LogP contribution in [0, 0.1) is 5.21 Å². The van der Waals surface area contributed by atoms with Crippen LogP contribution in [0.4, 0.5) is 5.13 Å². The summed E-state index contributed by atoms with van der Waals surface area (Å²) < 4.78 is 0.694. The molecule has 1 N–H and O–H groups in total. The van der Waals surface area contributed by atoms with Gasteiger partial charge in [0.25, 0.3) is 5.13 Å². The molecule has 0 aliphatic carbocycles. The third-order valence-electron chi connectivity index (χ3n) is 3.49. The molecule has 19 heavy (non-hydrogen) atoms. The SMILES string of the molecule is CCNC1CN(C)C[N+]1([O-])c1nc2ccccc2s1. The van der Waals surface area contributed by atoms with Crippen molar-refractivity contribution < 1.29 is 0 Å². The first kappa shape index (κ1) is 13.0. The van der Waals surface area contributed by atoms with Crippen molar-refractivity contribution in [2.75, 3.05) is 26.8 Å². The molecule has 0 amide bonds. The number of nitrogens with one attached hydrogen (secondary N) is 1. The van der Waals surface area contributed by atoms with Crippen molar-refractivity contribution in [1.82, 2.24) is 19.8 Å². The number of hydroxylamine groups is 2. The summed E-state index contributed by atoms with van der Waals surface area (Å²) in [4.78, 5) is 6.61. The summed E-state index contributed by atoms with van der Waals surface area (Å²) in [6, 6.07) is 7.92. The zero-order valence-corrected chi connectivity index (χ0v) is 12.0. The molecule has 0 spiro atoms. The van der Waals surface area contributed by atoms with Crippen LogP contribution in [0.25, 0.3) is 10.2 Å². The van der Waals surface area contributed by atoms with Gasteiger partial charge in [-0.1, -0.05) is 30.4 Å². The van der Waals surface area contributed by atoms with Gasteiger partial charge in [-0.25, -0.2) is 0 Å². The van der Waals surface area contributed by atoms with E-state index in [-0.39, 0.29) is 10.8 Å². The smallest absolute Gasteiger partial charge is 0.289 e. The quantitative estimate of drug-likeness (QED) is 0.688. The number of nitrogens with zero attached hydrogens (tertiary/aromatic N) is 3. The van der Waals surface area contributed by atoms with Crippen molar-refractivity contribution >= 4 is 26.7 Å². The van der Waals surface area contributed by atoms with Crippen LogP contribution >= 0.6 is 11.3 Å². The molecule has 3 rings (SSSR count). The van der Waals surface area contributed by atoms with Crippen LogP contribution in [0.5, 0.6) is 0 Å². The van der Waals surface area contributed by atoms with Gasteiger partial charge >= 0.3 is 0 Å². The summed E-state index contributed by atoms with van der Waals surface area (Å²) >= 11 is 1.51. The molecule has 1 saturated heterocycles. The maximum absolute atomic E-state index is 13.2. The average molecular weight is 278 g/mol. The molecular weight excluding hydrogens is 260 g/mol. The van der Waals surface area contributed by atoms with Crippen LogP contribution in [0.15, 0.2) is 24.3 Å². The second-order valence-electron chi connectivity index (χ2n) is 5.01.